The molecule has 0 fully saturated rings. The summed E-state index contributed by atoms with van der Waals surface area (Å²) in [5.41, 5.74) is 1.22. The Morgan fingerprint density at radius 1 is 1.37 bits per heavy atom. The third-order valence-corrected chi connectivity index (χ3v) is 3.48. The molecule has 0 unspecified atom stereocenters. The molecule has 2 N–H and O–H groups in total. The van der Waals surface area contributed by atoms with Crippen LogP contribution in [0.3, 0.4) is 0 Å². The van der Waals surface area contributed by atoms with Gasteiger partial charge in [-0.05, 0) is 24.3 Å². The second kappa shape index (κ2) is 6.89. The zero-order valence-corrected chi connectivity index (χ0v) is 11.5. The van der Waals surface area contributed by atoms with Crippen molar-refractivity contribution in [1.29, 1.82) is 0 Å². The van der Waals surface area contributed by atoms with Gasteiger partial charge in [0.15, 0.2) is 0 Å². The molecule has 1 aromatic rings. The van der Waals surface area contributed by atoms with E-state index >= 15 is 0 Å². The third kappa shape index (κ3) is 4.36. The van der Waals surface area contributed by atoms with Gasteiger partial charge in [-0.25, -0.2) is 4.79 Å². The number of anilines is 1. The first-order valence-corrected chi connectivity index (χ1v) is 6.51. The molecule has 0 aliphatic rings. The van der Waals surface area contributed by atoms with Gasteiger partial charge in [-0.1, -0.05) is 0 Å². The van der Waals surface area contributed by atoms with Crippen LogP contribution in [0.15, 0.2) is 5.38 Å². The lowest BCUT2D eigenvalue weighted by Crippen LogP contribution is -2.14. The average Bonchev–Trinajstić information content (AvgIpc) is 2.70. The van der Waals surface area contributed by atoms with Crippen LogP contribution in [0.25, 0.3) is 0 Å². The highest BCUT2D eigenvalue weighted by atomic mass is 32.1. The Balaban J connectivity index is 2.66. The molecule has 6 nitrogen and oxygen atoms in total. The summed E-state index contributed by atoms with van der Waals surface area (Å²) in [7, 11) is 1.27. The molecule has 0 aliphatic carbocycles. The number of esters is 1. The Kier molecular flexibility index (Phi) is 5.50. The maximum absolute atomic E-state index is 11.7. The number of rotatable bonds is 6. The summed E-state index contributed by atoms with van der Waals surface area (Å²) in [5.74, 6) is -1.75. The van der Waals surface area contributed by atoms with Gasteiger partial charge in [0.25, 0.3) is 0 Å². The molecule has 7 heteroatoms. The number of methoxy groups -OCH3 is 1. The van der Waals surface area contributed by atoms with Crippen LogP contribution in [0.5, 0.6) is 0 Å². The molecule has 0 spiro atoms. The van der Waals surface area contributed by atoms with Crippen molar-refractivity contribution in [2.75, 3.05) is 12.4 Å². The zero-order chi connectivity index (χ0) is 14.4. The molecule has 0 bridgehead atoms. The smallest absolute Gasteiger partial charge is 0.350 e. The van der Waals surface area contributed by atoms with E-state index in [9.17, 15) is 14.4 Å². The van der Waals surface area contributed by atoms with Gasteiger partial charge in [0.05, 0.1) is 12.8 Å². The lowest BCUT2D eigenvalue weighted by molar-refractivity contribution is -0.137. The molecule has 0 aromatic carbocycles. The van der Waals surface area contributed by atoms with Crippen LogP contribution in [0, 0.1) is 6.92 Å². The van der Waals surface area contributed by atoms with Crippen LogP contribution in [0.2, 0.25) is 0 Å². The average molecular weight is 285 g/mol. The van der Waals surface area contributed by atoms with Gasteiger partial charge < -0.3 is 15.2 Å². The fourth-order valence-corrected chi connectivity index (χ4v) is 2.37. The van der Waals surface area contributed by atoms with Crippen molar-refractivity contribution < 1.29 is 24.2 Å². The maximum Gasteiger partial charge on any atom is 0.350 e. The summed E-state index contributed by atoms with van der Waals surface area (Å²) in [6, 6.07) is 0. The molecular formula is C12H15NO5S. The Morgan fingerprint density at radius 3 is 2.63 bits per heavy atom. The lowest BCUT2D eigenvalue weighted by Gasteiger charge is -2.06. The minimum Gasteiger partial charge on any atom is -0.481 e. The van der Waals surface area contributed by atoms with Crippen LogP contribution < -0.4 is 5.32 Å². The van der Waals surface area contributed by atoms with E-state index in [4.69, 9.17) is 5.11 Å². The lowest BCUT2D eigenvalue weighted by atomic mass is 10.2. The first-order valence-electron chi connectivity index (χ1n) is 5.63. The molecule has 19 heavy (non-hydrogen) atoms. The van der Waals surface area contributed by atoms with Crippen molar-refractivity contribution in [3.05, 3.63) is 15.8 Å². The topological polar surface area (TPSA) is 92.7 Å². The van der Waals surface area contributed by atoms with E-state index in [2.05, 4.69) is 10.1 Å². The number of ether oxygens (including phenoxy) is 1. The van der Waals surface area contributed by atoms with E-state index < -0.39 is 11.9 Å². The van der Waals surface area contributed by atoms with E-state index in [0.29, 0.717) is 10.6 Å². The molecule has 0 saturated carbocycles. The van der Waals surface area contributed by atoms with E-state index in [0.717, 1.165) is 5.56 Å². The summed E-state index contributed by atoms with van der Waals surface area (Å²) in [4.78, 5) is 33.8. The SMILES string of the molecule is COC(=O)c1scc(C)c1NC(=O)CCCC(=O)O. The summed E-state index contributed by atoms with van der Waals surface area (Å²) in [6.07, 6.45) is 0.306. The number of thiophene rings is 1. The molecule has 0 aliphatic heterocycles. The van der Waals surface area contributed by atoms with Crippen LogP contribution in [-0.4, -0.2) is 30.1 Å². The van der Waals surface area contributed by atoms with E-state index in [1.165, 1.54) is 18.4 Å². The number of carbonyl (C=O) groups excluding carboxylic acids is 2. The second-order valence-corrected chi connectivity index (χ2v) is 4.79. The molecule has 1 aromatic heterocycles. The number of aliphatic carboxylic acids is 1. The largest absolute Gasteiger partial charge is 0.481 e. The number of carboxylic acid groups (broad SMARTS) is 1. The summed E-state index contributed by atoms with van der Waals surface area (Å²) < 4.78 is 4.63. The molecule has 0 atom stereocenters. The van der Waals surface area contributed by atoms with Crippen LogP contribution in [0.1, 0.15) is 34.5 Å². The van der Waals surface area contributed by atoms with Crippen molar-refractivity contribution in [3.8, 4) is 0 Å². The van der Waals surface area contributed by atoms with Crippen LogP contribution in [0.4, 0.5) is 5.69 Å². The highest BCUT2D eigenvalue weighted by Gasteiger charge is 2.18. The van der Waals surface area contributed by atoms with Gasteiger partial charge in [0.1, 0.15) is 4.88 Å². The molecule has 1 rings (SSSR count). The van der Waals surface area contributed by atoms with Crippen LogP contribution >= 0.6 is 11.3 Å². The molecule has 1 amide bonds. The zero-order valence-electron chi connectivity index (χ0n) is 10.7. The first kappa shape index (κ1) is 15.2. The highest BCUT2D eigenvalue weighted by Crippen LogP contribution is 2.28. The number of amides is 1. The summed E-state index contributed by atoms with van der Waals surface area (Å²) >= 11 is 1.20. The van der Waals surface area contributed by atoms with Crippen molar-refractivity contribution in [2.24, 2.45) is 0 Å². The number of hydrogen-bond donors (Lipinski definition) is 2. The number of nitrogens with one attached hydrogen (secondary N) is 1. The molecular weight excluding hydrogens is 270 g/mol. The number of carbonyl (C=O) groups is 3. The Bertz CT molecular complexity index is 494. The fourth-order valence-electron chi connectivity index (χ4n) is 1.44. The number of aryl methyl sites for hydroxylation is 1. The van der Waals surface area contributed by atoms with Crippen molar-refractivity contribution in [1.82, 2.24) is 0 Å². The van der Waals surface area contributed by atoms with Crippen LogP contribution in [-0.2, 0) is 14.3 Å². The van der Waals surface area contributed by atoms with Crippen molar-refractivity contribution in [2.45, 2.75) is 26.2 Å². The minimum atomic E-state index is -0.935. The molecule has 104 valence electrons. The van der Waals surface area contributed by atoms with Crippen molar-refractivity contribution in [3.63, 3.8) is 0 Å². The van der Waals surface area contributed by atoms with Gasteiger partial charge in [-0.3, -0.25) is 9.59 Å². The molecule has 0 radical (unpaired) electrons. The van der Waals surface area contributed by atoms with Gasteiger partial charge in [-0.2, -0.15) is 0 Å². The Hall–Kier alpha value is -1.89. The van der Waals surface area contributed by atoms with E-state index in [1.807, 2.05) is 0 Å². The maximum atomic E-state index is 11.7. The predicted octanol–water partition coefficient (Wildman–Crippen LogP) is 2.04. The van der Waals surface area contributed by atoms with Gasteiger partial charge in [0, 0.05) is 12.8 Å². The Morgan fingerprint density at radius 2 is 2.05 bits per heavy atom. The van der Waals surface area contributed by atoms with Gasteiger partial charge >= 0.3 is 11.9 Å². The minimum absolute atomic E-state index is 0.0557. The highest BCUT2D eigenvalue weighted by molar-refractivity contribution is 7.12. The van der Waals surface area contributed by atoms with E-state index in [-0.39, 0.29) is 25.2 Å². The van der Waals surface area contributed by atoms with Gasteiger partial charge in [0.2, 0.25) is 5.91 Å². The summed E-state index contributed by atoms with van der Waals surface area (Å²) in [6.45, 7) is 1.77. The normalized spacial score (nSPS) is 10.0. The predicted molar refractivity (Wildman–Crippen MR) is 70.5 cm³/mol. The molecule has 0 saturated heterocycles. The molecule has 1 heterocycles. The quantitative estimate of drug-likeness (QED) is 0.780. The van der Waals surface area contributed by atoms with Crippen molar-refractivity contribution >= 4 is 34.9 Å². The second-order valence-electron chi connectivity index (χ2n) is 3.91. The Labute approximate surface area is 114 Å². The fraction of sp³-hybridized carbons (Fsp3) is 0.417. The third-order valence-electron chi connectivity index (χ3n) is 2.40. The van der Waals surface area contributed by atoms with Gasteiger partial charge in [-0.15, -0.1) is 11.3 Å². The standard InChI is InChI=1S/C12H15NO5S/c1-7-6-19-11(12(17)18-2)10(7)13-8(14)4-3-5-9(15)16/h6H,3-5H2,1-2H3,(H,13,14)(H,15,16). The first-order chi connectivity index (χ1) is 8.95. The van der Waals surface area contributed by atoms with E-state index in [1.54, 1.807) is 12.3 Å². The monoisotopic (exact) mass is 285 g/mol. The number of carboxylic acids is 1. The number of hydrogen-bond acceptors (Lipinski definition) is 5. The summed E-state index contributed by atoms with van der Waals surface area (Å²) in [5, 5.41) is 12.9.